The fourth-order valence-electron chi connectivity index (χ4n) is 1.85. The predicted octanol–water partition coefficient (Wildman–Crippen LogP) is 1.29. The summed E-state index contributed by atoms with van der Waals surface area (Å²) in [6.45, 7) is 0.00474. The number of hydrogen-bond acceptors (Lipinski definition) is 4. The first-order valence-electron chi connectivity index (χ1n) is 5.74. The fraction of sp³-hybridized carbons (Fsp3) is 0.231. The van der Waals surface area contributed by atoms with Crippen molar-refractivity contribution in [2.45, 2.75) is 12.8 Å². The summed E-state index contributed by atoms with van der Waals surface area (Å²) in [6, 6.07) is 9.58. The summed E-state index contributed by atoms with van der Waals surface area (Å²) in [5.74, 6) is -1.10. The molecule has 1 heterocycles. The number of anilines is 1. The second kappa shape index (κ2) is 5.31. The molecular formula is C13H11N3O3. The van der Waals surface area contributed by atoms with Gasteiger partial charge in [0.25, 0.3) is 0 Å². The Morgan fingerprint density at radius 1 is 1.11 bits per heavy atom. The molecule has 6 nitrogen and oxygen atoms in total. The molecule has 0 spiro atoms. The molecule has 6 heteroatoms. The number of rotatable bonds is 3. The molecule has 0 bridgehead atoms. The normalized spacial score (nSPS) is 15.6. The van der Waals surface area contributed by atoms with E-state index in [1.807, 2.05) is 6.07 Å². The maximum Gasteiger partial charge on any atom is 0.338 e. The number of benzene rings is 1. The number of nitrogens with zero attached hydrogens (tertiary/aromatic N) is 3. The quantitative estimate of drug-likeness (QED) is 0.764. The molecule has 0 saturated carbocycles. The molecule has 4 amide bonds. The summed E-state index contributed by atoms with van der Waals surface area (Å²) in [4.78, 5) is 37.5. The third-order valence-electron chi connectivity index (χ3n) is 2.74. The van der Waals surface area contributed by atoms with Gasteiger partial charge in [-0.15, -0.1) is 0 Å². The molecule has 0 aliphatic carbocycles. The number of nitriles is 1. The van der Waals surface area contributed by atoms with Crippen LogP contribution < -0.4 is 4.90 Å². The largest absolute Gasteiger partial charge is 0.338 e. The lowest BCUT2D eigenvalue weighted by molar-refractivity contribution is -0.134. The van der Waals surface area contributed by atoms with Crippen LogP contribution in [0.3, 0.4) is 0 Å². The van der Waals surface area contributed by atoms with Gasteiger partial charge in [0.05, 0.1) is 18.2 Å². The molecule has 19 heavy (non-hydrogen) atoms. The maximum atomic E-state index is 12.2. The van der Waals surface area contributed by atoms with Crippen LogP contribution in [0.2, 0.25) is 0 Å². The molecule has 1 aromatic carbocycles. The Hall–Kier alpha value is -2.68. The van der Waals surface area contributed by atoms with Crippen molar-refractivity contribution in [3.63, 3.8) is 0 Å². The molecule has 0 unspecified atom stereocenters. The molecule has 0 radical (unpaired) electrons. The summed E-state index contributed by atoms with van der Waals surface area (Å²) in [5, 5.41) is 8.52. The van der Waals surface area contributed by atoms with E-state index in [4.69, 9.17) is 5.26 Å². The molecule has 0 atom stereocenters. The van der Waals surface area contributed by atoms with Crippen molar-refractivity contribution in [2.24, 2.45) is 0 Å². The molecule has 1 aromatic rings. The SMILES string of the molecule is N#CCCN1C(=O)CC(=O)N(c2ccccc2)C1=O. The van der Waals surface area contributed by atoms with E-state index in [2.05, 4.69) is 0 Å². The van der Waals surface area contributed by atoms with Crippen LogP contribution >= 0.6 is 0 Å². The van der Waals surface area contributed by atoms with Crippen LogP contribution in [0.5, 0.6) is 0 Å². The van der Waals surface area contributed by atoms with Crippen LogP contribution in [-0.4, -0.2) is 29.3 Å². The van der Waals surface area contributed by atoms with Crippen LogP contribution in [0.4, 0.5) is 10.5 Å². The summed E-state index contributed by atoms with van der Waals surface area (Å²) in [5.41, 5.74) is 0.423. The lowest BCUT2D eigenvalue weighted by Crippen LogP contribution is -2.55. The Labute approximate surface area is 109 Å². The first-order valence-corrected chi connectivity index (χ1v) is 5.74. The van der Waals surface area contributed by atoms with Crippen LogP contribution in [-0.2, 0) is 9.59 Å². The Bertz CT molecular complexity index is 562. The van der Waals surface area contributed by atoms with Crippen LogP contribution in [0.15, 0.2) is 30.3 Å². The Balaban J connectivity index is 2.29. The van der Waals surface area contributed by atoms with Gasteiger partial charge in [-0.3, -0.25) is 14.5 Å². The molecule has 1 saturated heterocycles. The van der Waals surface area contributed by atoms with Gasteiger partial charge in [0.2, 0.25) is 11.8 Å². The molecule has 96 valence electrons. The van der Waals surface area contributed by atoms with Gasteiger partial charge in [0.15, 0.2) is 0 Å². The highest BCUT2D eigenvalue weighted by Crippen LogP contribution is 2.21. The zero-order valence-corrected chi connectivity index (χ0v) is 10.1. The van der Waals surface area contributed by atoms with E-state index in [1.165, 1.54) is 0 Å². The Morgan fingerprint density at radius 3 is 2.42 bits per heavy atom. The average molecular weight is 257 g/mol. The van der Waals surface area contributed by atoms with Crippen molar-refractivity contribution >= 4 is 23.5 Å². The Morgan fingerprint density at radius 2 is 1.79 bits per heavy atom. The third kappa shape index (κ3) is 2.45. The van der Waals surface area contributed by atoms with Gasteiger partial charge in [-0.2, -0.15) is 5.26 Å². The summed E-state index contributed by atoms with van der Waals surface area (Å²) < 4.78 is 0. The highest BCUT2D eigenvalue weighted by molar-refractivity contribution is 6.26. The molecule has 1 aliphatic rings. The van der Waals surface area contributed by atoms with Crippen LogP contribution in [0.25, 0.3) is 0 Å². The van der Waals surface area contributed by atoms with E-state index in [9.17, 15) is 14.4 Å². The minimum absolute atomic E-state index is 0.00474. The van der Waals surface area contributed by atoms with Crippen LogP contribution in [0, 0.1) is 11.3 Å². The number of imide groups is 2. The molecule has 1 fully saturated rings. The summed E-state index contributed by atoms with van der Waals surface area (Å²) in [6.07, 6.45) is -0.305. The number of urea groups is 1. The van der Waals surface area contributed by atoms with Gasteiger partial charge in [-0.25, -0.2) is 9.69 Å². The van der Waals surface area contributed by atoms with Crippen molar-refractivity contribution in [1.82, 2.24) is 4.90 Å². The molecule has 1 aliphatic heterocycles. The van der Waals surface area contributed by atoms with Crippen LogP contribution in [0.1, 0.15) is 12.8 Å². The minimum atomic E-state index is -0.692. The van der Waals surface area contributed by atoms with E-state index < -0.39 is 17.8 Å². The van der Waals surface area contributed by atoms with Gasteiger partial charge < -0.3 is 0 Å². The van der Waals surface area contributed by atoms with E-state index in [0.717, 1.165) is 9.80 Å². The lowest BCUT2D eigenvalue weighted by atomic mass is 10.2. The number of barbiturate groups is 1. The molecular weight excluding hydrogens is 246 g/mol. The van der Waals surface area contributed by atoms with Gasteiger partial charge >= 0.3 is 6.03 Å². The Kier molecular flexibility index (Phi) is 3.57. The first-order chi connectivity index (χ1) is 9.15. The number of carbonyl (C=O) groups is 3. The van der Waals surface area contributed by atoms with Crippen molar-refractivity contribution < 1.29 is 14.4 Å². The second-order valence-electron chi connectivity index (χ2n) is 3.98. The number of hydrogen-bond donors (Lipinski definition) is 0. The maximum absolute atomic E-state index is 12.2. The zero-order chi connectivity index (χ0) is 13.8. The molecule has 0 N–H and O–H groups in total. The highest BCUT2D eigenvalue weighted by Gasteiger charge is 2.38. The fourth-order valence-corrected chi connectivity index (χ4v) is 1.85. The van der Waals surface area contributed by atoms with E-state index >= 15 is 0 Å². The van der Waals surface area contributed by atoms with Gasteiger partial charge in [-0.1, -0.05) is 18.2 Å². The standard InChI is InChI=1S/C13H11N3O3/c14-7-4-8-15-11(17)9-12(18)16(13(15)19)10-5-2-1-3-6-10/h1-3,5-6H,4,8-9H2. The van der Waals surface area contributed by atoms with Crippen molar-refractivity contribution in [3.8, 4) is 6.07 Å². The number of carbonyl (C=O) groups excluding carboxylic acids is 3. The average Bonchev–Trinajstić information content (AvgIpc) is 2.39. The van der Waals surface area contributed by atoms with Gasteiger partial charge in [0.1, 0.15) is 6.42 Å². The van der Waals surface area contributed by atoms with Crippen molar-refractivity contribution in [2.75, 3.05) is 11.4 Å². The topological polar surface area (TPSA) is 81.5 Å². The minimum Gasteiger partial charge on any atom is -0.274 e. The molecule has 0 aromatic heterocycles. The van der Waals surface area contributed by atoms with E-state index in [-0.39, 0.29) is 19.4 Å². The van der Waals surface area contributed by atoms with Crippen molar-refractivity contribution in [1.29, 1.82) is 5.26 Å². The van der Waals surface area contributed by atoms with Crippen molar-refractivity contribution in [3.05, 3.63) is 30.3 Å². The first kappa shape index (κ1) is 12.8. The smallest absolute Gasteiger partial charge is 0.274 e. The predicted molar refractivity (Wildman–Crippen MR) is 65.9 cm³/mol. The lowest BCUT2D eigenvalue weighted by Gasteiger charge is -2.32. The number of amides is 4. The highest BCUT2D eigenvalue weighted by atomic mass is 16.2. The van der Waals surface area contributed by atoms with E-state index in [1.54, 1.807) is 30.3 Å². The van der Waals surface area contributed by atoms with Gasteiger partial charge in [0, 0.05) is 6.54 Å². The summed E-state index contributed by atoms with van der Waals surface area (Å²) in [7, 11) is 0. The monoisotopic (exact) mass is 257 g/mol. The third-order valence-corrected chi connectivity index (χ3v) is 2.74. The van der Waals surface area contributed by atoms with E-state index in [0.29, 0.717) is 5.69 Å². The molecule has 2 rings (SSSR count). The zero-order valence-electron chi connectivity index (χ0n) is 10.1. The summed E-state index contributed by atoms with van der Waals surface area (Å²) >= 11 is 0. The van der Waals surface area contributed by atoms with Gasteiger partial charge in [-0.05, 0) is 12.1 Å². The number of para-hydroxylation sites is 1. The second-order valence-corrected chi connectivity index (χ2v) is 3.98.